The summed E-state index contributed by atoms with van der Waals surface area (Å²) in [7, 11) is 0. The van der Waals surface area contributed by atoms with Crippen LogP contribution in [0.4, 0.5) is 13.2 Å². The molecule has 0 fully saturated rings. The first-order valence-electron chi connectivity index (χ1n) is 9.51. The minimum Gasteiger partial charge on any atom is -0.266 e. The van der Waals surface area contributed by atoms with Crippen LogP contribution in [0.1, 0.15) is 28.7 Å². The third-order valence-corrected chi connectivity index (χ3v) is 5.63. The van der Waals surface area contributed by atoms with Gasteiger partial charge in [-0.3, -0.25) is 4.79 Å². The molecule has 0 unspecified atom stereocenters. The van der Waals surface area contributed by atoms with E-state index >= 15 is 0 Å². The molecule has 0 aliphatic heterocycles. The molecule has 0 bridgehead atoms. The van der Waals surface area contributed by atoms with Crippen molar-refractivity contribution in [3.8, 4) is 16.4 Å². The maximum Gasteiger partial charge on any atom is 0.433 e. The van der Waals surface area contributed by atoms with Crippen molar-refractivity contribution in [2.75, 3.05) is 0 Å². The van der Waals surface area contributed by atoms with E-state index in [2.05, 4.69) is 20.6 Å². The topological polar surface area (TPSA) is 72.2 Å². The molecule has 0 atom stereocenters. The second-order valence-corrected chi connectivity index (χ2v) is 8.12. The van der Waals surface area contributed by atoms with Gasteiger partial charge in [-0.25, -0.2) is 15.1 Å². The number of carbonyl (C=O) groups is 1. The molecule has 6 nitrogen and oxygen atoms in total. The highest BCUT2D eigenvalue weighted by Gasteiger charge is 2.37. The van der Waals surface area contributed by atoms with Gasteiger partial charge in [0.2, 0.25) is 5.13 Å². The fraction of sp³-hybridized carbons (Fsp3) is 0.0909. The molecule has 1 N–H and O–H groups in total. The molecule has 11 heteroatoms. The van der Waals surface area contributed by atoms with E-state index in [-0.39, 0.29) is 16.5 Å². The van der Waals surface area contributed by atoms with Gasteiger partial charge in [-0.05, 0) is 30.7 Å². The van der Waals surface area contributed by atoms with Gasteiger partial charge < -0.3 is 0 Å². The molecule has 1 amide bonds. The maximum atomic E-state index is 13.6. The molecule has 0 aliphatic rings. The van der Waals surface area contributed by atoms with Gasteiger partial charge in [0.1, 0.15) is 5.69 Å². The van der Waals surface area contributed by atoms with Gasteiger partial charge in [0, 0.05) is 16.0 Å². The molecule has 0 spiro atoms. The number of hydrogen-bond donors (Lipinski definition) is 1. The first-order chi connectivity index (χ1) is 15.7. The van der Waals surface area contributed by atoms with Crippen LogP contribution < -0.4 is 5.43 Å². The summed E-state index contributed by atoms with van der Waals surface area (Å²) in [5.41, 5.74) is 3.25. The molecule has 2 aromatic carbocycles. The van der Waals surface area contributed by atoms with Crippen molar-refractivity contribution < 1.29 is 18.0 Å². The van der Waals surface area contributed by atoms with Crippen molar-refractivity contribution in [2.45, 2.75) is 13.1 Å². The van der Waals surface area contributed by atoms with Crippen LogP contribution in [0.25, 0.3) is 16.4 Å². The predicted molar refractivity (Wildman–Crippen MR) is 121 cm³/mol. The van der Waals surface area contributed by atoms with Crippen molar-refractivity contribution >= 4 is 34.6 Å². The summed E-state index contributed by atoms with van der Waals surface area (Å²) in [5.74, 6) is -0.658. The van der Waals surface area contributed by atoms with Gasteiger partial charge in [-0.15, -0.1) is 11.3 Å². The Kier molecular flexibility index (Phi) is 6.30. The van der Waals surface area contributed by atoms with Crippen LogP contribution in [0.15, 0.2) is 71.1 Å². The van der Waals surface area contributed by atoms with Gasteiger partial charge in [-0.2, -0.15) is 23.4 Å². The molecule has 0 aliphatic carbocycles. The number of nitrogens with one attached hydrogen (secondary N) is 1. The van der Waals surface area contributed by atoms with Crippen molar-refractivity contribution in [3.05, 3.63) is 88.0 Å². The Labute approximate surface area is 195 Å². The Morgan fingerprint density at radius 2 is 1.82 bits per heavy atom. The first kappa shape index (κ1) is 22.7. The second kappa shape index (κ2) is 9.16. The van der Waals surface area contributed by atoms with Crippen LogP contribution in [0.3, 0.4) is 0 Å². The average Bonchev–Trinajstić information content (AvgIpc) is 3.46. The van der Waals surface area contributed by atoms with Crippen LogP contribution in [-0.2, 0) is 6.18 Å². The summed E-state index contributed by atoms with van der Waals surface area (Å²) in [5, 5.41) is 9.93. The van der Waals surface area contributed by atoms with Crippen molar-refractivity contribution in [1.29, 1.82) is 0 Å². The van der Waals surface area contributed by atoms with Crippen molar-refractivity contribution in [3.63, 3.8) is 0 Å². The zero-order valence-electron chi connectivity index (χ0n) is 17.0. The molecule has 4 rings (SSSR count). The third-order valence-electron chi connectivity index (χ3n) is 4.56. The van der Waals surface area contributed by atoms with Gasteiger partial charge in [-0.1, -0.05) is 54.1 Å². The number of aromatic nitrogens is 3. The fourth-order valence-electron chi connectivity index (χ4n) is 2.89. The SMILES string of the molecule is C/C(=N\NC(=O)c1csc(-n2nc(-c3ccccc3)cc2C(F)(F)F)n1)c1ccc(Cl)cc1. The summed E-state index contributed by atoms with van der Waals surface area (Å²) in [6, 6.07) is 16.3. The molecular formula is C22H15ClF3N5OS. The van der Waals surface area contributed by atoms with Gasteiger partial charge in [0.25, 0.3) is 5.91 Å². The predicted octanol–water partition coefficient (Wildman–Crippen LogP) is 5.82. The lowest BCUT2D eigenvalue weighted by Gasteiger charge is -2.07. The number of carbonyl (C=O) groups excluding carboxylic acids is 1. The standard InChI is InChI=1S/C22H15ClF3N5OS/c1-13(14-7-9-16(23)10-8-14)28-29-20(32)18-12-33-21(27-18)31-19(22(24,25)26)11-17(30-31)15-5-3-2-4-6-15/h2-12H,1H3,(H,29,32)/b28-13+. The number of thiazole rings is 1. The summed E-state index contributed by atoms with van der Waals surface area (Å²) in [6.07, 6.45) is -4.66. The van der Waals surface area contributed by atoms with E-state index in [0.29, 0.717) is 21.0 Å². The van der Waals surface area contributed by atoms with E-state index in [1.165, 1.54) is 5.38 Å². The van der Waals surface area contributed by atoms with Crippen LogP contribution in [-0.4, -0.2) is 26.4 Å². The smallest absolute Gasteiger partial charge is 0.266 e. The number of nitrogens with zero attached hydrogens (tertiary/aromatic N) is 4. The Morgan fingerprint density at radius 3 is 2.48 bits per heavy atom. The van der Waals surface area contributed by atoms with Crippen LogP contribution in [0.5, 0.6) is 0 Å². The lowest BCUT2D eigenvalue weighted by atomic mass is 10.1. The number of alkyl halides is 3. The molecule has 2 aromatic heterocycles. The second-order valence-electron chi connectivity index (χ2n) is 6.85. The maximum absolute atomic E-state index is 13.6. The Bertz CT molecular complexity index is 1310. The summed E-state index contributed by atoms with van der Waals surface area (Å²) < 4.78 is 41.6. The molecule has 2 heterocycles. The van der Waals surface area contributed by atoms with E-state index in [1.54, 1.807) is 61.5 Å². The molecule has 4 aromatic rings. The van der Waals surface area contributed by atoms with Crippen molar-refractivity contribution in [1.82, 2.24) is 20.2 Å². The highest BCUT2D eigenvalue weighted by Crippen LogP contribution is 2.34. The fourth-order valence-corrected chi connectivity index (χ4v) is 3.79. The van der Waals surface area contributed by atoms with E-state index in [1.807, 2.05) is 0 Å². The van der Waals surface area contributed by atoms with E-state index in [4.69, 9.17) is 11.6 Å². The monoisotopic (exact) mass is 489 g/mol. The quantitative estimate of drug-likeness (QED) is 0.283. The van der Waals surface area contributed by atoms with Crippen molar-refractivity contribution in [2.24, 2.45) is 5.10 Å². The first-order valence-corrected chi connectivity index (χ1v) is 10.8. The average molecular weight is 490 g/mol. The van der Waals surface area contributed by atoms with Crippen LogP contribution >= 0.6 is 22.9 Å². The number of amides is 1. The lowest BCUT2D eigenvalue weighted by Crippen LogP contribution is -2.20. The van der Waals surface area contributed by atoms with E-state index < -0.39 is 17.8 Å². The van der Waals surface area contributed by atoms with Gasteiger partial charge in [0.15, 0.2) is 5.69 Å². The summed E-state index contributed by atoms with van der Waals surface area (Å²) in [6.45, 7) is 1.69. The summed E-state index contributed by atoms with van der Waals surface area (Å²) >= 11 is 6.73. The lowest BCUT2D eigenvalue weighted by molar-refractivity contribution is -0.142. The summed E-state index contributed by atoms with van der Waals surface area (Å²) in [4.78, 5) is 16.5. The largest absolute Gasteiger partial charge is 0.433 e. The van der Waals surface area contributed by atoms with E-state index in [9.17, 15) is 18.0 Å². The highest BCUT2D eigenvalue weighted by atomic mass is 35.5. The zero-order chi connectivity index (χ0) is 23.6. The number of rotatable bonds is 5. The molecule has 0 saturated carbocycles. The van der Waals surface area contributed by atoms with E-state index in [0.717, 1.165) is 23.0 Å². The van der Waals surface area contributed by atoms with Gasteiger partial charge in [0.05, 0.1) is 11.4 Å². The van der Waals surface area contributed by atoms with Crippen LogP contribution in [0, 0.1) is 0 Å². The molecule has 0 radical (unpaired) electrons. The molecular weight excluding hydrogens is 475 g/mol. The highest BCUT2D eigenvalue weighted by molar-refractivity contribution is 7.12. The molecule has 168 valence electrons. The zero-order valence-corrected chi connectivity index (χ0v) is 18.5. The number of halogens is 4. The van der Waals surface area contributed by atoms with Gasteiger partial charge >= 0.3 is 6.18 Å². The minimum absolute atomic E-state index is 0.0764. The number of benzene rings is 2. The number of hydrogen-bond acceptors (Lipinski definition) is 5. The number of hydrazone groups is 1. The Balaban J connectivity index is 1.59. The third kappa shape index (κ3) is 5.12. The van der Waals surface area contributed by atoms with Crippen LogP contribution in [0.2, 0.25) is 5.02 Å². The Hall–Kier alpha value is -3.50. The Morgan fingerprint density at radius 1 is 1.12 bits per heavy atom. The molecule has 33 heavy (non-hydrogen) atoms. The normalized spacial score (nSPS) is 12.1. The molecule has 0 saturated heterocycles. The minimum atomic E-state index is -4.66.